The number of rotatable bonds is 1. The molecule has 0 saturated carbocycles. The second-order valence-corrected chi connectivity index (χ2v) is 14.8. The molecule has 0 aromatic carbocycles. The van der Waals surface area contributed by atoms with E-state index in [-0.39, 0.29) is 0 Å². The fourth-order valence-corrected chi connectivity index (χ4v) is 5.91. The van der Waals surface area contributed by atoms with E-state index in [4.69, 9.17) is 0 Å². The van der Waals surface area contributed by atoms with Gasteiger partial charge in [-0.05, 0) is 0 Å². The van der Waals surface area contributed by atoms with Crippen molar-refractivity contribution < 1.29 is 12.7 Å². The SMILES string of the molecule is [Br][Pd]([Br])[C]12C=CC(C=C1)C2. The van der Waals surface area contributed by atoms with Crippen molar-refractivity contribution in [2.45, 2.75) is 10.3 Å². The Bertz CT molecular complexity index is 194. The maximum atomic E-state index is 3.68. The van der Waals surface area contributed by atoms with Crippen molar-refractivity contribution in [2.75, 3.05) is 0 Å². The van der Waals surface area contributed by atoms with Gasteiger partial charge < -0.3 is 0 Å². The predicted molar refractivity (Wildman–Crippen MR) is 46.9 cm³/mol. The van der Waals surface area contributed by atoms with E-state index >= 15 is 0 Å². The number of hydrogen-bond acceptors (Lipinski definition) is 0. The number of halogens is 2. The van der Waals surface area contributed by atoms with Gasteiger partial charge in [0.1, 0.15) is 0 Å². The van der Waals surface area contributed by atoms with E-state index in [0.717, 1.165) is 5.92 Å². The molecule has 0 spiro atoms. The van der Waals surface area contributed by atoms with Crippen molar-refractivity contribution >= 4 is 26.9 Å². The summed E-state index contributed by atoms with van der Waals surface area (Å²) in [7, 11) is 0. The third-order valence-electron chi connectivity index (χ3n) is 1.98. The third kappa shape index (κ3) is 1.03. The molecule has 0 amide bonds. The zero-order valence-corrected chi connectivity index (χ0v) is 9.89. The van der Waals surface area contributed by atoms with Crippen molar-refractivity contribution in [2.24, 2.45) is 5.92 Å². The molecule has 0 aliphatic heterocycles. The van der Waals surface area contributed by atoms with E-state index in [9.17, 15) is 0 Å². The van der Waals surface area contributed by atoms with E-state index in [1.165, 1.54) is 6.42 Å². The van der Waals surface area contributed by atoms with Gasteiger partial charge in [-0.2, -0.15) is 0 Å². The van der Waals surface area contributed by atoms with E-state index < -0.39 is 12.7 Å². The zero-order valence-electron chi connectivity index (χ0n) is 5.17. The third-order valence-corrected chi connectivity index (χ3v) is 9.43. The summed E-state index contributed by atoms with van der Waals surface area (Å²) in [4.78, 5) is 0. The maximum absolute atomic E-state index is 3.68. The minimum atomic E-state index is -0.664. The summed E-state index contributed by atoms with van der Waals surface area (Å²) < 4.78 is 0.399. The Hall–Kier alpha value is 1.10. The molecule has 0 N–H and O–H groups in total. The normalized spacial score (nSPS) is 43.0. The van der Waals surface area contributed by atoms with Crippen LogP contribution in [0, 0.1) is 5.92 Å². The summed E-state index contributed by atoms with van der Waals surface area (Å²) in [6.07, 6.45) is 10.6. The Labute approximate surface area is 79.5 Å². The Kier molecular flexibility index (Phi) is 1.98. The molecule has 2 rings (SSSR count). The van der Waals surface area contributed by atoms with Crippen LogP contribution in [0.3, 0.4) is 0 Å². The van der Waals surface area contributed by atoms with Gasteiger partial charge in [0.25, 0.3) is 0 Å². The fraction of sp³-hybridized carbons (Fsp3) is 0.429. The van der Waals surface area contributed by atoms with Gasteiger partial charge in [0, 0.05) is 0 Å². The molecular formula is C7H7Br2Pd. The molecule has 0 unspecified atom stereocenters. The monoisotopic (exact) mass is 355 g/mol. The summed E-state index contributed by atoms with van der Waals surface area (Å²) in [6.45, 7) is 0. The molecular weight excluding hydrogens is 350 g/mol. The molecule has 0 nitrogen and oxygen atoms in total. The average Bonchev–Trinajstić information content (AvgIpc) is 2.45. The van der Waals surface area contributed by atoms with Gasteiger partial charge >= 0.3 is 80.1 Å². The summed E-state index contributed by atoms with van der Waals surface area (Å²) in [5.41, 5.74) is 0. The average molecular weight is 357 g/mol. The van der Waals surface area contributed by atoms with Crippen LogP contribution in [0.15, 0.2) is 24.3 Å². The van der Waals surface area contributed by atoms with Gasteiger partial charge in [0.15, 0.2) is 0 Å². The van der Waals surface area contributed by atoms with E-state index in [1.54, 1.807) is 0 Å². The van der Waals surface area contributed by atoms with Crippen LogP contribution in [0.1, 0.15) is 6.42 Å². The van der Waals surface area contributed by atoms with Crippen LogP contribution < -0.4 is 0 Å². The molecule has 0 heterocycles. The first kappa shape index (κ1) is 7.74. The first-order chi connectivity index (χ1) is 4.73. The van der Waals surface area contributed by atoms with Gasteiger partial charge in [0.2, 0.25) is 0 Å². The van der Waals surface area contributed by atoms with Crippen LogP contribution in [0.5, 0.6) is 0 Å². The predicted octanol–water partition coefficient (Wildman–Crippen LogP) is 3.53. The molecule has 10 heavy (non-hydrogen) atoms. The first-order valence-electron chi connectivity index (χ1n) is 3.07. The zero-order chi connectivity index (χ0) is 7.19. The van der Waals surface area contributed by atoms with E-state index in [0.29, 0.717) is 3.89 Å². The molecule has 59 valence electrons. The summed E-state index contributed by atoms with van der Waals surface area (Å²) in [5, 5.41) is 0. The van der Waals surface area contributed by atoms with Gasteiger partial charge in [0.05, 0.1) is 0 Å². The van der Waals surface area contributed by atoms with Gasteiger partial charge in [-0.25, -0.2) is 0 Å². The van der Waals surface area contributed by atoms with Crippen molar-refractivity contribution in [1.82, 2.24) is 0 Å². The Morgan fingerprint density at radius 2 is 1.90 bits per heavy atom. The second-order valence-electron chi connectivity index (χ2n) is 2.62. The Morgan fingerprint density at radius 3 is 2.10 bits per heavy atom. The molecule has 0 aromatic heterocycles. The van der Waals surface area contributed by atoms with E-state index in [2.05, 4.69) is 51.2 Å². The number of allylic oxidation sites excluding steroid dienone is 4. The van der Waals surface area contributed by atoms with Crippen molar-refractivity contribution in [1.29, 1.82) is 0 Å². The first-order valence-corrected chi connectivity index (χ1v) is 11.0. The molecule has 2 bridgehead atoms. The number of hydrogen-bond donors (Lipinski definition) is 0. The molecule has 0 fully saturated rings. The minimum absolute atomic E-state index is 0.399. The van der Waals surface area contributed by atoms with Gasteiger partial charge in [-0.3, -0.25) is 0 Å². The Morgan fingerprint density at radius 1 is 1.30 bits per heavy atom. The van der Waals surface area contributed by atoms with Gasteiger partial charge in [-0.1, -0.05) is 0 Å². The molecule has 0 saturated heterocycles. The van der Waals surface area contributed by atoms with Crippen LogP contribution >= 0.6 is 26.9 Å². The summed E-state index contributed by atoms with van der Waals surface area (Å²) >= 11 is 6.69. The standard InChI is InChI=1S/C7H7.2BrH.Pd/c1-2-7-4-3-6(1)5-7;;;/h1-4,6H,5H2;2*1H;/q;;;+2/p-2. The molecule has 3 heteroatoms. The fourth-order valence-electron chi connectivity index (χ4n) is 1.42. The van der Waals surface area contributed by atoms with Gasteiger partial charge in [-0.15, -0.1) is 0 Å². The molecule has 2 aliphatic carbocycles. The van der Waals surface area contributed by atoms with Crippen LogP contribution in [-0.4, -0.2) is 0 Å². The number of fused-ring (bicyclic) bond motifs is 2. The summed E-state index contributed by atoms with van der Waals surface area (Å²) in [6, 6.07) is 0. The van der Waals surface area contributed by atoms with Crippen molar-refractivity contribution in [3.63, 3.8) is 0 Å². The second kappa shape index (κ2) is 2.55. The molecule has 2 aliphatic rings. The van der Waals surface area contributed by atoms with Crippen molar-refractivity contribution in [3.8, 4) is 0 Å². The topological polar surface area (TPSA) is 0 Å². The molecule has 0 aromatic rings. The van der Waals surface area contributed by atoms with E-state index in [1.807, 2.05) is 0 Å². The van der Waals surface area contributed by atoms with Crippen molar-refractivity contribution in [3.05, 3.63) is 24.3 Å². The van der Waals surface area contributed by atoms with Crippen LogP contribution in [0.25, 0.3) is 0 Å². The van der Waals surface area contributed by atoms with Crippen LogP contribution in [-0.2, 0) is 12.7 Å². The summed E-state index contributed by atoms with van der Waals surface area (Å²) in [5.74, 6) is 0.735. The molecule has 0 atom stereocenters. The van der Waals surface area contributed by atoms with Crippen LogP contribution in [0.4, 0.5) is 0 Å². The Balaban J connectivity index is 2.31. The van der Waals surface area contributed by atoms with Crippen LogP contribution in [0.2, 0.25) is 3.89 Å². The molecule has 0 radical (unpaired) electrons. The quantitative estimate of drug-likeness (QED) is 0.498.